The fourth-order valence-corrected chi connectivity index (χ4v) is 5.08. The number of aldehydes is 1. The molecule has 0 bridgehead atoms. The monoisotopic (exact) mass is 359 g/mol. The number of aryl methyl sites for hydroxylation is 1. The van der Waals surface area contributed by atoms with Crippen molar-refractivity contribution in [3.05, 3.63) is 59.3 Å². The number of carbonyl (C=O) groups is 1. The van der Waals surface area contributed by atoms with Crippen molar-refractivity contribution in [3.8, 4) is 0 Å². The molecule has 3 rings (SSSR count). The Labute approximate surface area is 147 Å². The average Bonchev–Trinajstić information content (AvgIpc) is 3.02. The molecule has 5 nitrogen and oxygen atoms in total. The molecule has 1 aliphatic rings. The Balaban J connectivity index is 2.21. The molecule has 0 saturated carbocycles. The van der Waals surface area contributed by atoms with Crippen LogP contribution in [-0.4, -0.2) is 37.1 Å². The lowest BCUT2D eigenvalue weighted by Crippen LogP contribution is -2.38. The minimum Gasteiger partial charge on any atom is -0.380 e. The normalized spacial score (nSPS) is 20.7. The molecule has 1 atom stereocenters. The van der Waals surface area contributed by atoms with Gasteiger partial charge in [0.05, 0.1) is 12.1 Å². The van der Waals surface area contributed by atoms with Crippen molar-refractivity contribution in [3.63, 3.8) is 0 Å². The molecule has 2 aromatic rings. The summed E-state index contributed by atoms with van der Waals surface area (Å²) in [5.41, 5.74) is 2.69. The van der Waals surface area contributed by atoms with Gasteiger partial charge in [-0.25, -0.2) is 12.4 Å². The largest absolute Gasteiger partial charge is 0.380 e. The summed E-state index contributed by atoms with van der Waals surface area (Å²) in [6, 6.07) is 5.17. The molecule has 0 saturated heterocycles. The van der Waals surface area contributed by atoms with E-state index in [1.165, 1.54) is 10.2 Å². The van der Waals surface area contributed by atoms with E-state index < -0.39 is 14.8 Å². The van der Waals surface area contributed by atoms with Gasteiger partial charge in [-0.2, -0.15) is 0 Å². The van der Waals surface area contributed by atoms with Crippen LogP contribution in [0, 0.1) is 6.92 Å². The minimum absolute atomic E-state index is 0.363. The van der Waals surface area contributed by atoms with Crippen molar-refractivity contribution in [2.75, 3.05) is 13.7 Å². The molecule has 1 unspecified atom stereocenters. The van der Waals surface area contributed by atoms with E-state index in [0.717, 1.165) is 17.4 Å². The van der Waals surface area contributed by atoms with Gasteiger partial charge < -0.3 is 4.74 Å². The molecular formula is C19H21NO4S. The van der Waals surface area contributed by atoms with E-state index in [4.69, 9.17) is 4.74 Å². The van der Waals surface area contributed by atoms with Crippen molar-refractivity contribution in [1.82, 2.24) is 3.97 Å². The van der Waals surface area contributed by atoms with Crippen LogP contribution >= 0.6 is 0 Å². The second kappa shape index (κ2) is 6.28. The van der Waals surface area contributed by atoms with E-state index in [0.29, 0.717) is 29.5 Å². The highest BCUT2D eigenvalue weighted by atomic mass is 32.2. The summed E-state index contributed by atoms with van der Waals surface area (Å²) < 4.78 is 32.3. The molecule has 0 radical (unpaired) electrons. The summed E-state index contributed by atoms with van der Waals surface area (Å²) in [7, 11) is -2.14. The summed E-state index contributed by atoms with van der Waals surface area (Å²) in [6.45, 7) is 3.92. The summed E-state index contributed by atoms with van der Waals surface area (Å²) in [6.07, 6.45) is 8.19. The van der Waals surface area contributed by atoms with Gasteiger partial charge in [0.15, 0.2) is 6.29 Å². The molecule has 1 aromatic carbocycles. The highest BCUT2D eigenvalue weighted by Gasteiger charge is 2.40. The number of aromatic nitrogens is 1. The molecule has 25 heavy (non-hydrogen) atoms. The first-order valence-corrected chi connectivity index (χ1v) is 9.46. The van der Waals surface area contributed by atoms with E-state index in [-0.39, 0.29) is 0 Å². The second-order valence-corrected chi connectivity index (χ2v) is 8.82. The van der Waals surface area contributed by atoms with Crippen LogP contribution in [0.25, 0.3) is 10.9 Å². The SMILES string of the molecule is COCC1=CC(C)(S(=O)(=O)n2ccc3c(C=O)ccc(C)c32)CC=C1. The fraction of sp³-hybridized carbons (Fsp3) is 0.316. The number of rotatable bonds is 5. The minimum atomic E-state index is -3.73. The Bertz CT molecular complexity index is 998. The van der Waals surface area contributed by atoms with Crippen molar-refractivity contribution >= 4 is 27.2 Å². The van der Waals surface area contributed by atoms with Gasteiger partial charge in [0.25, 0.3) is 0 Å². The number of allylic oxidation sites excluding steroid dienone is 1. The van der Waals surface area contributed by atoms with Crippen LogP contribution in [0.15, 0.2) is 48.2 Å². The average molecular weight is 359 g/mol. The molecule has 1 aromatic heterocycles. The maximum absolute atomic E-state index is 13.4. The van der Waals surface area contributed by atoms with E-state index >= 15 is 0 Å². The number of hydrogen-bond acceptors (Lipinski definition) is 4. The summed E-state index contributed by atoms with van der Waals surface area (Å²) in [5.74, 6) is 0. The summed E-state index contributed by atoms with van der Waals surface area (Å²) in [5, 5.41) is 0.648. The molecule has 0 amide bonds. The quantitative estimate of drug-likeness (QED) is 0.769. The molecule has 0 spiro atoms. The van der Waals surface area contributed by atoms with Gasteiger partial charge in [-0.15, -0.1) is 0 Å². The highest BCUT2D eigenvalue weighted by Crippen LogP contribution is 2.34. The Hall–Kier alpha value is -2.18. The predicted molar refractivity (Wildman–Crippen MR) is 98.5 cm³/mol. The predicted octanol–water partition coefficient (Wildman–Crippen LogP) is 3.23. The summed E-state index contributed by atoms with van der Waals surface area (Å²) >= 11 is 0. The third-order valence-corrected chi connectivity index (χ3v) is 6.97. The topological polar surface area (TPSA) is 65.4 Å². The third kappa shape index (κ3) is 2.75. The van der Waals surface area contributed by atoms with Crippen LogP contribution in [0.3, 0.4) is 0 Å². The number of ether oxygens (including phenoxy) is 1. The second-order valence-electron chi connectivity index (χ2n) is 6.54. The van der Waals surface area contributed by atoms with E-state index in [1.54, 1.807) is 38.3 Å². The van der Waals surface area contributed by atoms with Gasteiger partial charge in [-0.3, -0.25) is 4.79 Å². The Kier molecular flexibility index (Phi) is 4.43. The number of benzene rings is 1. The Morgan fingerprint density at radius 3 is 2.76 bits per heavy atom. The molecule has 0 aliphatic heterocycles. The number of methoxy groups -OCH3 is 1. The highest BCUT2D eigenvalue weighted by molar-refractivity contribution is 7.91. The Morgan fingerprint density at radius 2 is 2.08 bits per heavy atom. The van der Waals surface area contributed by atoms with Crippen molar-refractivity contribution in [2.45, 2.75) is 25.0 Å². The number of hydrogen-bond donors (Lipinski definition) is 0. The van der Waals surface area contributed by atoms with Gasteiger partial charge in [-0.05, 0) is 37.5 Å². The number of nitrogens with zero attached hydrogens (tertiary/aromatic N) is 1. The van der Waals surface area contributed by atoms with Crippen molar-refractivity contribution < 1.29 is 17.9 Å². The van der Waals surface area contributed by atoms with Crippen molar-refractivity contribution in [2.24, 2.45) is 0 Å². The van der Waals surface area contributed by atoms with Crippen LogP contribution in [0.1, 0.15) is 29.3 Å². The zero-order valence-corrected chi connectivity index (χ0v) is 15.3. The van der Waals surface area contributed by atoms with Crippen LogP contribution in [0.4, 0.5) is 0 Å². The zero-order chi connectivity index (χ0) is 18.2. The molecule has 0 fully saturated rings. The smallest absolute Gasteiger partial charge is 0.248 e. The van der Waals surface area contributed by atoms with Gasteiger partial charge in [0.2, 0.25) is 10.0 Å². The first-order valence-electron chi connectivity index (χ1n) is 8.02. The van der Waals surface area contributed by atoms with Crippen LogP contribution in [0.2, 0.25) is 0 Å². The fourth-order valence-electron chi connectivity index (χ4n) is 3.32. The van der Waals surface area contributed by atoms with Crippen molar-refractivity contribution in [1.29, 1.82) is 0 Å². The Morgan fingerprint density at radius 1 is 1.32 bits per heavy atom. The van der Waals surface area contributed by atoms with E-state index in [9.17, 15) is 13.2 Å². The molecule has 1 aliphatic carbocycles. The van der Waals surface area contributed by atoms with Gasteiger partial charge in [-0.1, -0.05) is 30.4 Å². The molecule has 132 valence electrons. The van der Waals surface area contributed by atoms with Gasteiger partial charge in [0.1, 0.15) is 4.75 Å². The van der Waals surface area contributed by atoms with E-state index in [1.807, 2.05) is 19.1 Å². The first-order chi connectivity index (χ1) is 11.8. The van der Waals surface area contributed by atoms with Crippen LogP contribution in [-0.2, 0) is 14.8 Å². The van der Waals surface area contributed by atoms with E-state index in [2.05, 4.69) is 0 Å². The van der Waals surface area contributed by atoms with Gasteiger partial charge in [0, 0.05) is 24.3 Å². The lowest BCUT2D eigenvalue weighted by molar-refractivity contribution is 0.112. The lowest BCUT2D eigenvalue weighted by atomic mass is 9.97. The molecule has 0 N–H and O–H groups in total. The molecule has 1 heterocycles. The third-order valence-electron chi connectivity index (χ3n) is 4.68. The standard InChI is InChI=1S/C19H21NO4S/c1-14-6-7-16(12-21)17-8-10-20(18(14)17)25(22,23)19(2)9-4-5-15(11-19)13-24-3/h4-8,10-12H,9,13H2,1-3H3. The maximum atomic E-state index is 13.4. The molecule has 6 heteroatoms. The summed E-state index contributed by atoms with van der Waals surface area (Å²) in [4.78, 5) is 11.3. The van der Waals surface area contributed by atoms with Crippen LogP contribution < -0.4 is 0 Å². The number of fused-ring (bicyclic) bond motifs is 1. The lowest BCUT2D eigenvalue weighted by Gasteiger charge is -2.29. The van der Waals surface area contributed by atoms with Gasteiger partial charge >= 0.3 is 0 Å². The maximum Gasteiger partial charge on any atom is 0.248 e. The zero-order valence-electron chi connectivity index (χ0n) is 14.5. The molecular weight excluding hydrogens is 338 g/mol. The van der Waals surface area contributed by atoms with Crippen LogP contribution in [0.5, 0.6) is 0 Å². The number of carbonyl (C=O) groups excluding carboxylic acids is 1. The first kappa shape index (κ1) is 17.6.